The van der Waals surface area contributed by atoms with E-state index in [1.165, 1.54) is 12.1 Å². The molecule has 1 aromatic heterocycles. The van der Waals surface area contributed by atoms with E-state index in [0.29, 0.717) is 12.1 Å². The van der Waals surface area contributed by atoms with Crippen LogP contribution >= 0.6 is 11.3 Å². The van der Waals surface area contributed by atoms with E-state index in [2.05, 4.69) is 0 Å². The van der Waals surface area contributed by atoms with Crippen LogP contribution in [0.5, 0.6) is 0 Å². The third kappa shape index (κ3) is 3.72. The van der Waals surface area contributed by atoms with Gasteiger partial charge in [0.2, 0.25) is 5.91 Å². The summed E-state index contributed by atoms with van der Waals surface area (Å²) in [5.41, 5.74) is 1.14. The van der Waals surface area contributed by atoms with Crippen LogP contribution in [0.25, 0.3) is 0 Å². The van der Waals surface area contributed by atoms with Crippen molar-refractivity contribution in [2.45, 2.75) is 45.3 Å². The number of rotatable bonds is 6. The van der Waals surface area contributed by atoms with Gasteiger partial charge in [0, 0.05) is 48.3 Å². The Bertz CT molecular complexity index is 811. The molecule has 1 heterocycles. The van der Waals surface area contributed by atoms with Crippen molar-refractivity contribution in [3.05, 3.63) is 56.1 Å². The van der Waals surface area contributed by atoms with Gasteiger partial charge in [0.1, 0.15) is 11.6 Å². The summed E-state index contributed by atoms with van der Waals surface area (Å²) in [5.74, 6) is -1.38. The van der Waals surface area contributed by atoms with Crippen LogP contribution in [-0.2, 0) is 17.9 Å². The van der Waals surface area contributed by atoms with Crippen LogP contribution in [0.4, 0.5) is 8.78 Å². The van der Waals surface area contributed by atoms with Crippen molar-refractivity contribution < 1.29 is 13.6 Å². The van der Waals surface area contributed by atoms with E-state index in [1.54, 1.807) is 14.8 Å². The zero-order valence-electron chi connectivity index (χ0n) is 13.3. The summed E-state index contributed by atoms with van der Waals surface area (Å²) >= 11 is 1.11. The highest BCUT2D eigenvalue weighted by atomic mass is 32.1. The molecule has 1 fully saturated rings. The van der Waals surface area contributed by atoms with Crippen LogP contribution in [0.1, 0.15) is 30.5 Å². The van der Waals surface area contributed by atoms with Crippen molar-refractivity contribution >= 4 is 17.2 Å². The van der Waals surface area contributed by atoms with Gasteiger partial charge in [0.15, 0.2) is 0 Å². The van der Waals surface area contributed by atoms with Crippen molar-refractivity contribution in [3.8, 4) is 0 Å². The maximum absolute atomic E-state index is 13.9. The monoisotopic (exact) mass is 352 g/mol. The Hall–Kier alpha value is -2.02. The van der Waals surface area contributed by atoms with E-state index >= 15 is 0 Å². The van der Waals surface area contributed by atoms with E-state index in [0.717, 1.165) is 35.9 Å². The van der Waals surface area contributed by atoms with Crippen LogP contribution in [-0.4, -0.2) is 21.4 Å². The van der Waals surface area contributed by atoms with Gasteiger partial charge in [0.25, 0.3) is 0 Å². The molecule has 2 aromatic rings. The Kier molecular flexibility index (Phi) is 4.80. The summed E-state index contributed by atoms with van der Waals surface area (Å²) in [5, 5.41) is 1.76. The minimum atomic E-state index is -0.640. The lowest BCUT2D eigenvalue weighted by Gasteiger charge is -2.23. The first-order valence-corrected chi connectivity index (χ1v) is 8.72. The smallest absolute Gasteiger partial charge is 0.307 e. The van der Waals surface area contributed by atoms with Crippen LogP contribution in [0.2, 0.25) is 0 Å². The zero-order valence-corrected chi connectivity index (χ0v) is 14.1. The Labute approximate surface area is 142 Å². The molecule has 0 bridgehead atoms. The molecule has 0 radical (unpaired) electrons. The van der Waals surface area contributed by atoms with Gasteiger partial charge >= 0.3 is 4.87 Å². The third-order valence-corrected chi connectivity index (χ3v) is 5.07. The van der Waals surface area contributed by atoms with Crippen molar-refractivity contribution in [1.82, 2.24) is 9.47 Å². The van der Waals surface area contributed by atoms with E-state index in [4.69, 9.17) is 0 Å². The minimum absolute atomic E-state index is 0.0807. The number of nitrogens with zero attached hydrogens (tertiary/aromatic N) is 2. The average molecular weight is 352 g/mol. The fourth-order valence-electron chi connectivity index (χ4n) is 2.67. The van der Waals surface area contributed by atoms with Crippen LogP contribution in [0, 0.1) is 18.6 Å². The predicted octanol–water partition coefficient (Wildman–Crippen LogP) is 3.08. The zero-order chi connectivity index (χ0) is 17.3. The number of aromatic nitrogens is 1. The van der Waals surface area contributed by atoms with Gasteiger partial charge in [-0.3, -0.25) is 9.59 Å². The van der Waals surface area contributed by atoms with E-state index < -0.39 is 11.6 Å². The molecular formula is C17H18F2N2O2S. The quantitative estimate of drug-likeness (QED) is 0.802. The second-order valence-electron chi connectivity index (χ2n) is 6.03. The number of hydrogen-bond donors (Lipinski definition) is 0. The SMILES string of the molecule is Cc1csc(=O)n1CCC(=O)N(Cc1ccc(F)cc1F)C1CC1. The van der Waals surface area contributed by atoms with E-state index in [-0.39, 0.29) is 29.8 Å². The molecule has 1 aliphatic rings. The number of carbonyl (C=O) groups excluding carboxylic acids is 1. The maximum atomic E-state index is 13.9. The molecule has 1 saturated carbocycles. The molecule has 0 saturated heterocycles. The number of benzene rings is 1. The Morgan fingerprint density at radius 1 is 1.38 bits per heavy atom. The number of amides is 1. The number of aryl methyl sites for hydroxylation is 1. The van der Waals surface area contributed by atoms with Gasteiger partial charge in [-0.1, -0.05) is 17.4 Å². The summed E-state index contributed by atoms with van der Waals surface area (Å²) in [6, 6.07) is 3.52. The first kappa shape index (κ1) is 16.8. The van der Waals surface area contributed by atoms with Gasteiger partial charge in [-0.25, -0.2) is 8.78 Å². The molecule has 1 amide bonds. The first-order chi connectivity index (χ1) is 11.5. The summed E-state index contributed by atoms with van der Waals surface area (Å²) in [4.78, 5) is 25.8. The fourth-order valence-corrected chi connectivity index (χ4v) is 3.43. The number of thiazole rings is 1. The summed E-state index contributed by atoms with van der Waals surface area (Å²) in [6.45, 7) is 2.28. The largest absolute Gasteiger partial charge is 0.335 e. The molecule has 0 N–H and O–H groups in total. The summed E-state index contributed by atoms with van der Waals surface area (Å²) in [7, 11) is 0. The molecule has 3 rings (SSSR count). The lowest BCUT2D eigenvalue weighted by molar-refractivity contribution is -0.132. The third-order valence-electron chi connectivity index (χ3n) is 4.19. The molecule has 128 valence electrons. The minimum Gasteiger partial charge on any atom is -0.335 e. The van der Waals surface area contributed by atoms with Crippen LogP contribution in [0.15, 0.2) is 28.4 Å². The second-order valence-corrected chi connectivity index (χ2v) is 6.85. The summed E-state index contributed by atoms with van der Waals surface area (Å²) in [6.07, 6.45) is 1.98. The molecule has 0 atom stereocenters. The Morgan fingerprint density at radius 3 is 2.71 bits per heavy atom. The highest BCUT2D eigenvalue weighted by Gasteiger charge is 2.32. The standard InChI is InChI=1S/C17H18F2N2O2S/c1-11-10-24-17(23)20(11)7-6-16(22)21(14-4-5-14)9-12-2-3-13(18)8-15(12)19/h2-3,8,10,14H,4-7,9H2,1H3. The maximum Gasteiger partial charge on any atom is 0.307 e. The molecular weight excluding hydrogens is 334 g/mol. The van der Waals surface area contributed by atoms with Crippen LogP contribution < -0.4 is 4.87 Å². The highest BCUT2D eigenvalue weighted by Crippen LogP contribution is 2.29. The number of halogens is 2. The molecule has 0 aliphatic heterocycles. The molecule has 7 heteroatoms. The van der Waals surface area contributed by atoms with Crippen molar-refractivity contribution in [3.63, 3.8) is 0 Å². The number of carbonyl (C=O) groups is 1. The van der Waals surface area contributed by atoms with Gasteiger partial charge in [-0.15, -0.1) is 0 Å². The van der Waals surface area contributed by atoms with Gasteiger partial charge in [-0.05, 0) is 25.8 Å². The molecule has 24 heavy (non-hydrogen) atoms. The normalized spacial score (nSPS) is 14.0. The average Bonchev–Trinajstić information content (AvgIpc) is 3.31. The fraction of sp³-hybridized carbons (Fsp3) is 0.412. The van der Waals surface area contributed by atoms with Crippen molar-refractivity contribution in [1.29, 1.82) is 0 Å². The lowest BCUT2D eigenvalue weighted by Crippen LogP contribution is -2.34. The highest BCUT2D eigenvalue weighted by molar-refractivity contribution is 7.07. The molecule has 4 nitrogen and oxygen atoms in total. The predicted molar refractivity (Wildman–Crippen MR) is 87.9 cm³/mol. The van der Waals surface area contributed by atoms with E-state index in [9.17, 15) is 18.4 Å². The first-order valence-electron chi connectivity index (χ1n) is 7.84. The lowest BCUT2D eigenvalue weighted by atomic mass is 10.2. The number of hydrogen-bond acceptors (Lipinski definition) is 3. The van der Waals surface area contributed by atoms with Gasteiger partial charge < -0.3 is 9.47 Å². The topological polar surface area (TPSA) is 42.3 Å². The molecule has 0 unspecified atom stereocenters. The molecule has 1 aliphatic carbocycles. The van der Waals surface area contributed by atoms with Crippen LogP contribution in [0.3, 0.4) is 0 Å². The van der Waals surface area contributed by atoms with Crippen molar-refractivity contribution in [2.24, 2.45) is 0 Å². The molecule has 0 spiro atoms. The Morgan fingerprint density at radius 2 is 2.12 bits per heavy atom. The second kappa shape index (κ2) is 6.84. The van der Waals surface area contributed by atoms with E-state index in [1.807, 2.05) is 6.92 Å². The Balaban J connectivity index is 1.69. The van der Waals surface area contributed by atoms with Gasteiger partial charge in [0.05, 0.1) is 0 Å². The van der Waals surface area contributed by atoms with Crippen molar-refractivity contribution in [2.75, 3.05) is 0 Å². The summed E-state index contributed by atoms with van der Waals surface area (Å²) < 4.78 is 28.4. The van der Waals surface area contributed by atoms with Gasteiger partial charge in [-0.2, -0.15) is 0 Å². The molecule has 1 aromatic carbocycles.